The predicted octanol–water partition coefficient (Wildman–Crippen LogP) is 3.02. The Hall–Kier alpha value is -3.19. The van der Waals surface area contributed by atoms with Gasteiger partial charge in [0.2, 0.25) is 0 Å². The zero-order valence-electron chi connectivity index (χ0n) is 19.0. The Morgan fingerprint density at radius 3 is 2.28 bits per heavy atom. The average Bonchev–Trinajstić information content (AvgIpc) is 2.81. The number of methoxy groups -OCH3 is 1. The van der Waals surface area contributed by atoms with Crippen LogP contribution in [0.2, 0.25) is 0 Å². The van der Waals surface area contributed by atoms with E-state index in [0.29, 0.717) is 36.1 Å². The molecule has 0 bridgehead atoms. The summed E-state index contributed by atoms with van der Waals surface area (Å²) in [5.74, 6) is 0.997. The van der Waals surface area contributed by atoms with Crippen LogP contribution in [0.4, 0.5) is 0 Å². The van der Waals surface area contributed by atoms with Gasteiger partial charge in [0.05, 0.1) is 12.5 Å². The van der Waals surface area contributed by atoms with E-state index in [0.717, 1.165) is 25.4 Å². The van der Waals surface area contributed by atoms with E-state index in [9.17, 15) is 9.59 Å². The van der Waals surface area contributed by atoms with E-state index in [1.54, 1.807) is 13.2 Å². The zero-order valence-corrected chi connectivity index (χ0v) is 19.0. The lowest BCUT2D eigenvalue weighted by atomic mass is 10.1. The van der Waals surface area contributed by atoms with Gasteiger partial charge in [-0.25, -0.2) is 4.68 Å². The van der Waals surface area contributed by atoms with Crippen molar-refractivity contribution in [1.82, 2.24) is 19.6 Å². The number of nitrogens with zero attached hydrogens (tertiary/aromatic N) is 4. The van der Waals surface area contributed by atoms with Gasteiger partial charge in [-0.05, 0) is 29.7 Å². The highest BCUT2D eigenvalue weighted by molar-refractivity contribution is 6.04. The first-order chi connectivity index (χ1) is 15.5. The van der Waals surface area contributed by atoms with Crippen molar-refractivity contribution in [1.29, 1.82) is 0 Å². The predicted molar refractivity (Wildman–Crippen MR) is 125 cm³/mol. The molecule has 1 amide bonds. The second kappa shape index (κ2) is 9.53. The number of carbonyl (C=O) groups excluding carboxylic acids is 1. The normalized spacial score (nSPS) is 14.8. The summed E-state index contributed by atoms with van der Waals surface area (Å²) in [4.78, 5) is 30.4. The Balaban J connectivity index is 1.50. The average molecular weight is 435 g/mol. The number of ether oxygens (including phenoxy) is 1. The third-order valence-corrected chi connectivity index (χ3v) is 5.83. The maximum Gasteiger partial charge on any atom is 0.275 e. The summed E-state index contributed by atoms with van der Waals surface area (Å²) >= 11 is 0. The minimum Gasteiger partial charge on any atom is -0.497 e. The van der Waals surface area contributed by atoms with Crippen LogP contribution in [-0.2, 0) is 13.1 Å². The van der Waals surface area contributed by atoms with Gasteiger partial charge >= 0.3 is 0 Å². The summed E-state index contributed by atoms with van der Waals surface area (Å²) in [5, 5.41) is 5.68. The van der Waals surface area contributed by atoms with Crippen LogP contribution in [0, 0.1) is 5.92 Å². The van der Waals surface area contributed by atoms with Crippen LogP contribution < -0.4 is 10.3 Å². The molecule has 1 fully saturated rings. The molecule has 2 aromatic carbocycles. The maximum absolute atomic E-state index is 13.4. The van der Waals surface area contributed by atoms with Crippen LogP contribution in [-0.4, -0.2) is 58.8 Å². The number of aromatic nitrogens is 2. The fourth-order valence-corrected chi connectivity index (χ4v) is 4.11. The third-order valence-electron chi connectivity index (χ3n) is 5.83. The van der Waals surface area contributed by atoms with E-state index < -0.39 is 0 Å². The molecule has 1 aliphatic rings. The number of hydrogen-bond donors (Lipinski definition) is 0. The molecule has 0 atom stereocenters. The molecule has 0 radical (unpaired) electrons. The molecular formula is C25H30N4O3. The van der Waals surface area contributed by atoms with Crippen molar-refractivity contribution in [2.24, 2.45) is 5.92 Å². The van der Waals surface area contributed by atoms with E-state index in [2.05, 4.69) is 22.1 Å². The summed E-state index contributed by atoms with van der Waals surface area (Å²) in [6, 6.07) is 15.4. The minimum absolute atomic E-state index is 0.109. The second-order valence-corrected chi connectivity index (χ2v) is 8.69. The molecule has 0 aliphatic carbocycles. The number of benzene rings is 2. The standard InChI is InChI=1S/C25H30N4O3/c1-18(2)16-29-24(30)22-7-5-4-6-21(22)23(26-29)25(31)28-14-12-27(13-15-28)17-19-8-10-20(32-3)11-9-19/h4-11,18H,12-17H2,1-3H3. The number of fused-ring (bicyclic) bond motifs is 1. The number of amides is 1. The van der Waals surface area contributed by atoms with Crippen LogP contribution in [0.5, 0.6) is 5.75 Å². The first-order valence-electron chi connectivity index (χ1n) is 11.1. The molecule has 4 rings (SSSR count). The fourth-order valence-electron chi connectivity index (χ4n) is 4.11. The molecule has 0 spiro atoms. The second-order valence-electron chi connectivity index (χ2n) is 8.69. The molecule has 7 nitrogen and oxygen atoms in total. The zero-order chi connectivity index (χ0) is 22.7. The molecule has 3 aromatic rings. The molecule has 1 saturated heterocycles. The lowest BCUT2D eigenvalue weighted by Gasteiger charge is -2.34. The fraction of sp³-hybridized carbons (Fsp3) is 0.400. The Labute approximate surface area is 188 Å². The van der Waals surface area contributed by atoms with Crippen molar-refractivity contribution in [3.63, 3.8) is 0 Å². The molecule has 1 aromatic heterocycles. The van der Waals surface area contributed by atoms with Gasteiger partial charge in [-0.3, -0.25) is 14.5 Å². The maximum atomic E-state index is 13.4. The van der Waals surface area contributed by atoms with Crippen molar-refractivity contribution in [2.45, 2.75) is 26.9 Å². The largest absolute Gasteiger partial charge is 0.497 e. The summed E-state index contributed by atoms with van der Waals surface area (Å²) < 4.78 is 6.67. The Morgan fingerprint density at radius 2 is 1.66 bits per heavy atom. The quantitative estimate of drug-likeness (QED) is 0.597. The van der Waals surface area contributed by atoms with E-state index in [-0.39, 0.29) is 17.4 Å². The first kappa shape index (κ1) is 22.0. The lowest BCUT2D eigenvalue weighted by molar-refractivity contribution is 0.0622. The van der Waals surface area contributed by atoms with E-state index in [1.807, 2.05) is 49.1 Å². The lowest BCUT2D eigenvalue weighted by Crippen LogP contribution is -2.48. The van der Waals surface area contributed by atoms with Crippen LogP contribution in [0.3, 0.4) is 0 Å². The Bertz CT molecular complexity index is 1150. The highest BCUT2D eigenvalue weighted by Gasteiger charge is 2.26. The number of carbonyl (C=O) groups is 1. The van der Waals surface area contributed by atoms with Gasteiger partial charge < -0.3 is 9.64 Å². The van der Waals surface area contributed by atoms with E-state index in [1.165, 1.54) is 10.2 Å². The summed E-state index contributed by atoms with van der Waals surface area (Å²) in [6.45, 7) is 8.25. The highest BCUT2D eigenvalue weighted by atomic mass is 16.5. The van der Waals surface area contributed by atoms with E-state index >= 15 is 0 Å². The molecular weight excluding hydrogens is 404 g/mol. The van der Waals surface area contributed by atoms with Gasteiger partial charge in [-0.15, -0.1) is 0 Å². The molecule has 2 heterocycles. The monoisotopic (exact) mass is 434 g/mol. The van der Waals surface area contributed by atoms with Crippen molar-refractivity contribution < 1.29 is 9.53 Å². The van der Waals surface area contributed by atoms with Gasteiger partial charge in [0, 0.05) is 44.7 Å². The van der Waals surface area contributed by atoms with Gasteiger partial charge in [-0.2, -0.15) is 5.10 Å². The van der Waals surface area contributed by atoms with Crippen molar-refractivity contribution >= 4 is 16.7 Å². The van der Waals surface area contributed by atoms with Crippen LogP contribution in [0.25, 0.3) is 10.8 Å². The Kier molecular flexibility index (Phi) is 6.55. The van der Waals surface area contributed by atoms with Crippen LogP contribution >= 0.6 is 0 Å². The molecule has 0 N–H and O–H groups in total. The smallest absolute Gasteiger partial charge is 0.275 e. The Morgan fingerprint density at radius 1 is 1.00 bits per heavy atom. The van der Waals surface area contributed by atoms with Crippen LogP contribution in [0.1, 0.15) is 29.9 Å². The molecule has 0 saturated carbocycles. The van der Waals surface area contributed by atoms with Crippen molar-refractivity contribution in [3.05, 3.63) is 70.1 Å². The molecule has 168 valence electrons. The van der Waals surface area contributed by atoms with Gasteiger partial charge in [-0.1, -0.05) is 44.2 Å². The SMILES string of the molecule is COc1ccc(CN2CCN(C(=O)c3nn(CC(C)C)c(=O)c4ccccc34)CC2)cc1. The number of rotatable bonds is 6. The summed E-state index contributed by atoms with van der Waals surface area (Å²) in [6.07, 6.45) is 0. The van der Waals surface area contributed by atoms with E-state index in [4.69, 9.17) is 4.74 Å². The summed E-state index contributed by atoms with van der Waals surface area (Å²) in [5.41, 5.74) is 1.44. The van der Waals surface area contributed by atoms with Gasteiger partial charge in [0.15, 0.2) is 5.69 Å². The first-order valence-corrected chi connectivity index (χ1v) is 11.1. The summed E-state index contributed by atoms with van der Waals surface area (Å²) in [7, 11) is 1.66. The third kappa shape index (κ3) is 4.67. The van der Waals surface area contributed by atoms with Gasteiger partial charge in [0.1, 0.15) is 5.75 Å². The minimum atomic E-state index is -0.143. The van der Waals surface area contributed by atoms with Crippen molar-refractivity contribution in [2.75, 3.05) is 33.3 Å². The van der Waals surface area contributed by atoms with Crippen LogP contribution in [0.15, 0.2) is 53.3 Å². The number of piperazine rings is 1. The highest BCUT2D eigenvalue weighted by Crippen LogP contribution is 2.18. The molecule has 0 unspecified atom stereocenters. The topological polar surface area (TPSA) is 67.7 Å². The molecule has 1 aliphatic heterocycles. The number of hydrogen-bond acceptors (Lipinski definition) is 5. The molecule has 7 heteroatoms. The van der Waals surface area contributed by atoms with Crippen molar-refractivity contribution in [3.8, 4) is 5.75 Å². The van der Waals surface area contributed by atoms with Gasteiger partial charge in [0.25, 0.3) is 11.5 Å². The molecule has 32 heavy (non-hydrogen) atoms.